The Bertz CT molecular complexity index is 768. The van der Waals surface area contributed by atoms with Crippen molar-refractivity contribution in [2.75, 3.05) is 28.4 Å². The first-order valence-electron chi connectivity index (χ1n) is 7.71. The maximum absolute atomic E-state index is 12.5. The summed E-state index contributed by atoms with van der Waals surface area (Å²) >= 11 is 0. The zero-order valence-electron chi connectivity index (χ0n) is 15.1. The standard InChI is InChI=1S/C20H22O5/c1-13-6-9-17(22-2)15(10-13)16(21)8-7-14-11-18(23-3)20(25-5)19(12-14)24-4/h6-12H,1-5H3/b8-7+. The Morgan fingerprint density at radius 3 is 1.96 bits per heavy atom. The highest BCUT2D eigenvalue weighted by atomic mass is 16.5. The molecule has 0 radical (unpaired) electrons. The first kappa shape index (κ1) is 18.4. The van der Waals surface area contributed by atoms with Gasteiger partial charge in [-0.2, -0.15) is 0 Å². The molecule has 0 aliphatic rings. The number of benzene rings is 2. The minimum atomic E-state index is -0.144. The van der Waals surface area contributed by atoms with E-state index in [1.807, 2.05) is 13.0 Å². The molecule has 0 aromatic heterocycles. The number of rotatable bonds is 7. The topological polar surface area (TPSA) is 54.0 Å². The van der Waals surface area contributed by atoms with Crippen LogP contribution in [-0.4, -0.2) is 34.2 Å². The van der Waals surface area contributed by atoms with Crippen molar-refractivity contribution in [3.63, 3.8) is 0 Å². The third-order valence-corrected chi connectivity index (χ3v) is 3.73. The smallest absolute Gasteiger partial charge is 0.203 e. The number of carbonyl (C=O) groups is 1. The zero-order chi connectivity index (χ0) is 18.4. The fraction of sp³-hybridized carbons (Fsp3) is 0.250. The summed E-state index contributed by atoms with van der Waals surface area (Å²) in [5.74, 6) is 1.97. The van der Waals surface area contributed by atoms with E-state index in [0.717, 1.165) is 11.1 Å². The van der Waals surface area contributed by atoms with Gasteiger partial charge in [0, 0.05) is 0 Å². The lowest BCUT2D eigenvalue weighted by molar-refractivity contribution is 0.104. The molecule has 132 valence electrons. The molecule has 5 nitrogen and oxygen atoms in total. The van der Waals surface area contributed by atoms with Crippen molar-refractivity contribution in [2.24, 2.45) is 0 Å². The number of methoxy groups -OCH3 is 4. The third kappa shape index (κ3) is 4.12. The molecule has 0 aliphatic carbocycles. The number of aryl methyl sites for hydroxylation is 1. The summed E-state index contributed by atoms with van der Waals surface area (Å²) < 4.78 is 21.2. The number of carbonyl (C=O) groups excluding carboxylic acids is 1. The molecule has 0 bridgehead atoms. The molecule has 0 fully saturated rings. The van der Waals surface area contributed by atoms with Crippen molar-refractivity contribution in [3.8, 4) is 23.0 Å². The molecule has 0 unspecified atom stereocenters. The lowest BCUT2D eigenvalue weighted by atomic mass is 10.0. The highest BCUT2D eigenvalue weighted by Gasteiger charge is 2.13. The molecule has 0 heterocycles. The van der Waals surface area contributed by atoms with Crippen LogP contribution in [0.25, 0.3) is 6.08 Å². The molecule has 0 aliphatic heterocycles. The van der Waals surface area contributed by atoms with Gasteiger partial charge in [-0.15, -0.1) is 0 Å². The molecule has 0 saturated heterocycles. The largest absolute Gasteiger partial charge is 0.496 e. The summed E-state index contributed by atoms with van der Waals surface area (Å²) in [4.78, 5) is 12.5. The first-order chi connectivity index (χ1) is 12.0. The van der Waals surface area contributed by atoms with Crippen molar-refractivity contribution in [3.05, 3.63) is 53.1 Å². The van der Waals surface area contributed by atoms with Crippen LogP contribution in [0.2, 0.25) is 0 Å². The number of hydrogen-bond acceptors (Lipinski definition) is 5. The minimum Gasteiger partial charge on any atom is -0.496 e. The van der Waals surface area contributed by atoms with Crippen LogP contribution in [-0.2, 0) is 0 Å². The molecule has 0 spiro atoms. The van der Waals surface area contributed by atoms with E-state index in [9.17, 15) is 4.79 Å². The summed E-state index contributed by atoms with van der Waals surface area (Å²) in [6.45, 7) is 1.93. The van der Waals surface area contributed by atoms with Crippen LogP contribution < -0.4 is 18.9 Å². The summed E-state index contributed by atoms with van der Waals surface area (Å²) in [5, 5.41) is 0. The fourth-order valence-electron chi connectivity index (χ4n) is 2.47. The number of ether oxygens (including phenoxy) is 4. The molecule has 0 amide bonds. The van der Waals surface area contributed by atoms with E-state index in [2.05, 4.69) is 0 Å². The second kappa shape index (κ2) is 8.24. The van der Waals surface area contributed by atoms with Crippen LogP contribution in [0.4, 0.5) is 0 Å². The van der Waals surface area contributed by atoms with Crippen molar-refractivity contribution in [2.45, 2.75) is 6.92 Å². The van der Waals surface area contributed by atoms with Gasteiger partial charge < -0.3 is 18.9 Å². The van der Waals surface area contributed by atoms with Crippen LogP contribution in [0, 0.1) is 6.92 Å². The first-order valence-corrected chi connectivity index (χ1v) is 7.71. The highest BCUT2D eigenvalue weighted by molar-refractivity contribution is 6.08. The van der Waals surface area contributed by atoms with Gasteiger partial charge in [0.2, 0.25) is 5.75 Å². The van der Waals surface area contributed by atoms with Crippen LogP contribution in [0.15, 0.2) is 36.4 Å². The lowest BCUT2D eigenvalue weighted by Crippen LogP contribution is -1.99. The Hall–Kier alpha value is -2.95. The van der Waals surface area contributed by atoms with Crippen molar-refractivity contribution in [1.82, 2.24) is 0 Å². The summed E-state index contributed by atoms with van der Waals surface area (Å²) in [6, 6.07) is 9.05. The van der Waals surface area contributed by atoms with Crippen molar-refractivity contribution in [1.29, 1.82) is 0 Å². The maximum Gasteiger partial charge on any atom is 0.203 e. The van der Waals surface area contributed by atoms with E-state index in [1.54, 1.807) is 58.8 Å². The highest BCUT2D eigenvalue weighted by Crippen LogP contribution is 2.38. The molecule has 25 heavy (non-hydrogen) atoms. The molecule has 0 N–H and O–H groups in total. The molecule has 2 aromatic rings. The van der Waals surface area contributed by atoms with Gasteiger partial charge in [0.05, 0.1) is 34.0 Å². The molecule has 2 rings (SSSR count). The molecule has 0 atom stereocenters. The average molecular weight is 342 g/mol. The van der Waals surface area contributed by atoms with Gasteiger partial charge >= 0.3 is 0 Å². The fourth-order valence-corrected chi connectivity index (χ4v) is 2.47. The van der Waals surface area contributed by atoms with E-state index < -0.39 is 0 Å². The van der Waals surface area contributed by atoms with Crippen LogP contribution in [0.1, 0.15) is 21.5 Å². The maximum atomic E-state index is 12.5. The summed E-state index contributed by atoms with van der Waals surface area (Å²) in [5.41, 5.74) is 2.27. The minimum absolute atomic E-state index is 0.144. The molecule has 0 saturated carbocycles. The normalized spacial score (nSPS) is 10.6. The number of hydrogen-bond donors (Lipinski definition) is 0. The van der Waals surface area contributed by atoms with E-state index in [-0.39, 0.29) is 5.78 Å². The Balaban J connectivity index is 2.36. The van der Waals surface area contributed by atoms with Gasteiger partial charge in [-0.3, -0.25) is 4.79 Å². The quantitative estimate of drug-likeness (QED) is 0.564. The molecule has 5 heteroatoms. The predicted molar refractivity (Wildman–Crippen MR) is 97.2 cm³/mol. The second-order valence-corrected chi connectivity index (χ2v) is 5.36. The van der Waals surface area contributed by atoms with Gasteiger partial charge in [-0.1, -0.05) is 17.7 Å². The van der Waals surface area contributed by atoms with E-state index in [1.165, 1.54) is 6.08 Å². The van der Waals surface area contributed by atoms with E-state index in [0.29, 0.717) is 28.6 Å². The Labute approximate surface area is 147 Å². The van der Waals surface area contributed by atoms with Crippen LogP contribution in [0.3, 0.4) is 0 Å². The lowest BCUT2D eigenvalue weighted by Gasteiger charge is -2.12. The monoisotopic (exact) mass is 342 g/mol. The Morgan fingerprint density at radius 2 is 1.44 bits per heavy atom. The SMILES string of the molecule is COc1ccc(C)cc1C(=O)/C=C/c1cc(OC)c(OC)c(OC)c1. The van der Waals surface area contributed by atoms with Crippen LogP contribution >= 0.6 is 0 Å². The van der Waals surface area contributed by atoms with E-state index >= 15 is 0 Å². The predicted octanol–water partition coefficient (Wildman–Crippen LogP) is 3.93. The number of allylic oxidation sites excluding steroid dienone is 1. The van der Waals surface area contributed by atoms with Crippen molar-refractivity contribution >= 4 is 11.9 Å². The Morgan fingerprint density at radius 1 is 0.840 bits per heavy atom. The summed E-state index contributed by atoms with van der Waals surface area (Å²) in [7, 11) is 6.19. The molecular formula is C20H22O5. The molecular weight excluding hydrogens is 320 g/mol. The van der Waals surface area contributed by atoms with Crippen molar-refractivity contribution < 1.29 is 23.7 Å². The Kier molecular flexibility index (Phi) is 6.06. The van der Waals surface area contributed by atoms with Gasteiger partial charge in [0.15, 0.2) is 17.3 Å². The zero-order valence-corrected chi connectivity index (χ0v) is 15.1. The van der Waals surface area contributed by atoms with Crippen LogP contribution in [0.5, 0.6) is 23.0 Å². The second-order valence-electron chi connectivity index (χ2n) is 5.36. The summed E-state index contributed by atoms with van der Waals surface area (Å²) in [6.07, 6.45) is 3.20. The van der Waals surface area contributed by atoms with E-state index in [4.69, 9.17) is 18.9 Å². The molecule has 2 aromatic carbocycles. The number of ketones is 1. The third-order valence-electron chi connectivity index (χ3n) is 3.73. The van der Waals surface area contributed by atoms with Gasteiger partial charge in [0.1, 0.15) is 5.75 Å². The average Bonchev–Trinajstić information content (AvgIpc) is 2.64. The van der Waals surface area contributed by atoms with Gasteiger partial charge in [0.25, 0.3) is 0 Å². The van der Waals surface area contributed by atoms with Gasteiger partial charge in [-0.25, -0.2) is 0 Å². The van der Waals surface area contributed by atoms with Gasteiger partial charge in [-0.05, 0) is 42.8 Å².